The lowest BCUT2D eigenvalue weighted by Gasteiger charge is -2.11. The number of Topliss-reactive ketones (excluding diaryl/α,β-unsaturated/α-hetero) is 1. The molecule has 4 rings (SSSR count). The van der Waals surface area contributed by atoms with E-state index in [-0.39, 0.29) is 32.8 Å². The minimum Gasteiger partial charge on any atom is -0.298 e. The van der Waals surface area contributed by atoms with Crippen LogP contribution >= 0.6 is 11.3 Å². The smallest absolute Gasteiger partial charge is 0.263 e. The van der Waals surface area contributed by atoms with Gasteiger partial charge < -0.3 is 0 Å². The third-order valence-electron chi connectivity index (χ3n) is 5.12. The number of nitriles is 1. The number of pyridine rings is 1. The molecule has 0 aliphatic heterocycles. The molecular formula is C24H17FN2O4S2. The molecule has 6 nitrogen and oxygen atoms in total. The Morgan fingerprint density at radius 1 is 1.15 bits per heavy atom. The van der Waals surface area contributed by atoms with Crippen molar-refractivity contribution in [2.45, 2.75) is 17.6 Å². The van der Waals surface area contributed by atoms with Gasteiger partial charge in [-0.2, -0.15) is 5.26 Å². The molecule has 0 saturated heterocycles. The molecule has 2 aromatic heterocycles. The highest BCUT2D eigenvalue weighted by molar-refractivity contribution is 7.94. The number of ketones is 1. The van der Waals surface area contributed by atoms with Gasteiger partial charge in [-0.15, -0.1) is 11.3 Å². The number of hydrogen-bond acceptors (Lipinski definition) is 6. The number of rotatable bonds is 6. The molecule has 9 heteroatoms. The fourth-order valence-electron chi connectivity index (χ4n) is 3.58. The standard InChI is InChI=1S/C24H17FN2O4S2/c1-15-4-6-19-20(9-15)17(12-26)13-27(24(19)29)22-7-5-16(11-21(22)25)10-18(28)14-33(30,31)23-3-2-8-32-23/h2-9,11,13H,10,14H2,1H3. The van der Waals surface area contributed by atoms with Crippen molar-refractivity contribution in [3.63, 3.8) is 0 Å². The van der Waals surface area contributed by atoms with Gasteiger partial charge >= 0.3 is 0 Å². The zero-order chi connectivity index (χ0) is 23.8. The molecule has 0 N–H and O–H groups in total. The number of aromatic nitrogens is 1. The summed E-state index contributed by atoms with van der Waals surface area (Å²) in [7, 11) is -3.74. The van der Waals surface area contributed by atoms with Crippen molar-refractivity contribution in [2.75, 3.05) is 5.75 Å². The fourth-order valence-corrected chi connectivity index (χ4v) is 5.91. The summed E-state index contributed by atoms with van der Waals surface area (Å²) < 4.78 is 40.7. The van der Waals surface area contributed by atoms with Crippen molar-refractivity contribution in [3.05, 3.63) is 93.0 Å². The van der Waals surface area contributed by atoms with E-state index >= 15 is 0 Å². The predicted octanol–water partition coefficient (Wildman–Crippen LogP) is 3.96. The number of halogens is 1. The molecule has 4 aromatic rings. The van der Waals surface area contributed by atoms with Crippen molar-refractivity contribution in [3.8, 4) is 11.8 Å². The first-order valence-corrected chi connectivity index (χ1v) is 12.4. The largest absolute Gasteiger partial charge is 0.298 e. The molecule has 166 valence electrons. The molecular weight excluding hydrogens is 463 g/mol. The molecule has 0 saturated carbocycles. The minimum atomic E-state index is -3.74. The number of fused-ring (bicyclic) bond motifs is 1. The molecule has 33 heavy (non-hydrogen) atoms. The molecule has 0 spiro atoms. The van der Waals surface area contributed by atoms with Gasteiger partial charge in [0, 0.05) is 23.4 Å². The summed E-state index contributed by atoms with van der Waals surface area (Å²) >= 11 is 1.03. The van der Waals surface area contributed by atoms with Gasteiger partial charge in [0.25, 0.3) is 5.56 Å². The summed E-state index contributed by atoms with van der Waals surface area (Å²) in [5, 5.41) is 11.9. The summed E-state index contributed by atoms with van der Waals surface area (Å²) in [6.07, 6.45) is 1.03. The van der Waals surface area contributed by atoms with Crippen LogP contribution in [-0.2, 0) is 21.1 Å². The van der Waals surface area contributed by atoms with Gasteiger partial charge in [0.15, 0.2) is 15.6 Å². The van der Waals surface area contributed by atoms with Gasteiger partial charge in [-0.25, -0.2) is 12.8 Å². The van der Waals surface area contributed by atoms with Crippen LogP contribution in [0.15, 0.2) is 69.1 Å². The van der Waals surface area contributed by atoms with Crippen molar-refractivity contribution in [1.29, 1.82) is 5.26 Å². The van der Waals surface area contributed by atoms with Gasteiger partial charge in [0.1, 0.15) is 21.8 Å². The third kappa shape index (κ3) is 4.49. The summed E-state index contributed by atoms with van der Waals surface area (Å²) in [5.41, 5.74) is 0.853. The number of sulfone groups is 1. The van der Waals surface area contributed by atoms with Gasteiger partial charge in [-0.1, -0.05) is 23.8 Å². The Bertz CT molecular complexity index is 1600. The number of aryl methyl sites for hydroxylation is 1. The van der Waals surface area contributed by atoms with Crippen LogP contribution in [0.4, 0.5) is 4.39 Å². The second kappa shape index (κ2) is 8.73. The Morgan fingerprint density at radius 2 is 1.94 bits per heavy atom. The molecule has 0 fully saturated rings. The second-order valence-corrected chi connectivity index (χ2v) is 10.7. The number of benzene rings is 2. The summed E-state index contributed by atoms with van der Waals surface area (Å²) in [5.74, 6) is -2.01. The van der Waals surface area contributed by atoms with E-state index < -0.39 is 32.7 Å². The highest BCUT2D eigenvalue weighted by atomic mass is 32.2. The maximum Gasteiger partial charge on any atom is 0.263 e. The minimum absolute atomic E-state index is 0.0682. The maximum absolute atomic E-state index is 15.0. The van der Waals surface area contributed by atoms with Crippen molar-refractivity contribution >= 4 is 37.7 Å². The lowest BCUT2D eigenvalue weighted by molar-refractivity contribution is -0.116. The first-order valence-electron chi connectivity index (χ1n) is 9.82. The van der Waals surface area contributed by atoms with Gasteiger partial charge in [-0.05, 0) is 48.2 Å². The number of thiophene rings is 1. The van der Waals surface area contributed by atoms with E-state index in [1.807, 2.05) is 13.0 Å². The molecule has 0 aliphatic rings. The lowest BCUT2D eigenvalue weighted by Crippen LogP contribution is -2.20. The van der Waals surface area contributed by atoms with E-state index in [4.69, 9.17) is 0 Å². The van der Waals surface area contributed by atoms with Gasteiger partial charge in [0.05, 0.1) is 11.3 Å². The molecule has 0 unspecified atom stereocenters. The van der Waals surface area contributed by atoms with Crippen molar-refractivity contribution < 1.29 is 17.6 Å². The molecule has 0 bridgehead atoms. The first kappa shape index (κ1) is 22.6. The normalized spacial score (nSPS) is 11.4. The zero-order valence-electron chi connectivity index (χ0n) is 17.4. The van der Waals surface area contributed by atoms with Crippen LogP contribution in [-0.4, -0.2) is 24.5 Å². The summed E-state index contributed by atoms with van der Waals surface area (Å²) in [6.45, 7) is 1.84. The van der Waals surface area contributed by atoms with Crippen molar-refractivity contribution in [2.24, 2.45) is 0 Å². The molecule has 0 atom stereocenters. The topological polar surface area (TPSA) is 97.0 Å². The lowest BCUT2D eigenvalue weighted by atomic mass is 10.0. The average molecular weight is 481 g/mol. The first-order chi connectivity index (χ1) is 15.7. The Morgan fingerprint density at radius 3 is 2.61 bits per heavy atom. The Kier molecular flexibility index (Phi) is 5.97. The SMILES string of the molecule is Cc1ccc2c(=O)n(-c3ccc(CC(=O)CS(=O)(=O)c4cccs4)cc3F)cc(C#N)c2c1. The molecule has 0 aliphatic carbocycles. The fraction of sp³-hybridized carbons (Fsp3) is 0.125. The highest BCUT2D eigenvalue weighted by Gasteiger charge is 2.21. The van der Waals surface area contributed by atoms with E-state index in [1.54, 1.807) is 29.6 Å². The van der Waals surface area contributed by atoms with E-state index in [0.29, 0.717) is 5.39 Å². The number of carbonyl (C=O) groups excluding carboxylic acids is 1. The second-order valence-electron chi connectivity index (χ2n) is 7.57. The monoisotopic (exact) mass is 480 g/mol. The van der Waals surface area contributed by atoms with Crippen LogP contribution in [0.2, 0.25) is 0 Å². The maximum atomic E-state index is 15.0. The van der Waals surface area contributed by atoms with Crippen molar-refractivity contribution in [1.82, 2.24) is 4.57 Å². The van der Waals surface area contributed by atoms with E-state index in [9.17, 15) is 27.7 Å². The molecule has 2 aromatic carbocycles. The average Bonchev–Trinajstić information content (AvgIpc) is 3.30. The van der Waals surface area contributed by atoms with Crippen LogP contribution in [0.3, 0.4) is 0 Å². The number of nitrogens with zero attached hydrogens (tertiary/aromatic N) is 2. The summed E-state index contributed by atoms with van der Waals surface area (Å²) in [6, 6.07) is 14.0. The number of carbonyl (C=O) groups is 1. The quantitative estimate of drug-likeness (QED) is 0.416. The third-order valence-corrected chi connectivity index (χ3v) is 8.28. The van der Waals surface area contributed by atoms with Gasteiger partial charge in [0.2, 0.25) is 0 Å². The molecule has 0 radical (unpaired) electrons. The Hall–Kier alpha value is -3.61. The van der Waals surface area contributed by atoms with E-state index in [0.717, 1.165) is 27.5 Å². The number of hydrogen-bond donors (Lipinski definition) is 0. The highest BCUT2D eigenvalue weighted by Crippen LogP contribution is 2.22. The predicted molar refractivity (Wildman–Crippen MR) is 124 cm³/mol. The van der Waals surface area contributed by atoms with E-state index in [1.165, 1.54) is 24.4 Å². The Labute approximate surface area is 193 Å². The Balaban J connectivity index is 1.65. The molecule has 2 heterocycles. The van der Waals surface area contributed by atoms with Crippen LogP contribution in [0, 0.1) is 24.1 Å². The van der Waals surface area contributed by atoms with Crippen LogP contribution in [0.25, 0.3) is 16.5 Å². The zero-order valence-corrected chi connectivity index (χ0v) is 19.0. The van der Waals surface area contributed by atoms with Crippen LogP contribution < -0.4 is 5.56 Å². The summed E-state index contributed by atoms with van der Waals surface area (Å²) in [4.78, 5) is 25.3. The molecule has 0 amide bonds. The van der Waals surface area contributed by atoms with Crippen LogP contribution in [0.1, 0.15) is 16.7 Å². The van der Waals surface area contributed by atoms with Gasteiger partial charge in [-0.3, -0.25) is 14.2 Å². The van der Waals surface area contributed by atoms with E-state index in [2.05, 4.69) is 0 Å². The van der Waals surface area contributed by atoms with Crippen LogP contribution in [0.5, 0.6) is 0 Å².